The molecule has 24 heavy (non-hydrogen) atoms. The van der Waals surface area contributed by atoms with Crippen molar-refractivity contribution in [1.82, 2.24) is 14.7 Å². The third-order valence-electron chi connectivity index (χ3n) is 4.45. The van der Waals surface area contributed by atoms with Crippen LogP contribution in [0.2, 0.25) is 0 Å². The minimum atomic E-state index is -0.574. The molecule has 7 heteroatoms. The Morgan fingerprint density at radius 1 is 0.917 bits per heavy atom. The molecule has 0 aliphatic carbocycles. The molecule has 0 radical (unpaired) electrons. The van der Waals surface area contributed by atoms with Gasteiger partial charge in [-0.3, -0.25) is 14.5 Å². The summed E-state index contributed by atoms with van der Waals surface area (Å²) in [4.78, 5) is 41.8. The van der Waals surface area contributed by atoms with Gasteiger partial charge in [0.05, 0.1) is 0 Å². The number of likely N-dealkylation sites (tertiary alicyclic amines) is 1. The standard InChI is InChI=1S/C17H29N3O4/c1-13(21)18-9-11-19(12-10-18)15(22)14-7-5-6-8-20(14)16(23)24-17(2,3)4/h14H,5-12H2,1-4H3/t14-/m0/s1. The van der Waals surface area contributed by atoms with Gasteiger partial charge in [0.25, 0.3) is 0 Å². The molecule has 2 aliphatic heterocycles. The number of hydrogen-bond acceptors (Lipinski definition) is 4. The first kappa shape index (κ1) is 18.5. The number of piperidine rings is 1. The highest BCUT2D eigenvalue weighted by molar-refractivity contribution is 5.86. The topological polar surface area (TPSA) is 70.2 Å². The molecule has 0 unspecified atom stereocenters. The molecular weight excluding hydrogens is 310 g/mol. The Bertz CT molecular complexity index is 493. The van der Waals surface area contributed by atoms with E-state index in [1.807, 2.05) is 20.8 Å². The van der Waals surface area contributed by atoms with Crippen molar-refractivity contribution in [3.8, 4) is 0 Å². The Balaban J connectivity index is 2.00. The maximum atomic E-state index is 12.9. The number of amides is 3. The first-order chi connectivity index (χ1) is 11.2. The quantitative estimate of drug-likeness (QED) is 0.725. The smallest absolute Gasteiger partial charge is 0.410 e. The van der Waals surface area contributed by atoms with Crippen LogP contribution in [0.1, 0.15) is 47.0 Å². The van der Waals surface area contributed by atoms with E-state index in [1.165, 1.54) is 0 Å². The lowest BCUT2D eigenvalue weighted by atomic mass is 10.0. The summed E-state index contributed by atoms with van der Waals surface area (Å²) >= 11 is 0. The molecule has 0 N–H and O–H groups in total. The van der Waals surface area contributed by atoms with Crippen molar-refractivity contribution in [3.63, 3.8) is 0 Å². The van der Waals surface area contributed by atoms with E-state index >= 15 is 0 Å². The second-order valence-corrected chi connectivity index (χ2v) is 7.52. The van der Waals surface area contributed by atoms with Crippen LogP contribution in [0.25, 0.3) is 0 Å². The SMILES string of the molecule is CC(=O)N1CCN(C(=O)[C@@H]2CCCCN2C(=O)OC(C)(C)C)CC1. The molecule has 0 aromatic carbocycles. The summed E-state index contributed by atoms with van der Waals surface area (Å²) in [6.07, 6.45) is 2.08. The monoisotopic (exact) mass is 339 g/mol. The van der Waals surface area contributed by atoms with Crippen molar-refractivity contribution in [3.05, 3.63) is 0 Å². The Morgan fingerprint density at radius 3 is 2.04 bits per heavy atom. The average Bonchev–Trinajstić information content (AvgIpc) is 2.52. The third-order valence-corrected chi connectivity index (χ3v) is 4.45. The van der Waals surface area contributed by atoms with Crippen LogP contribution in [0, 0.1) is 0 Å². The zero-order chi connectivity index (χ0) is 17.9. The van der Waals surface area contributed by atoms with Crippen molar-refractivity contribution in [1.29, 1.82) is 0 Å². The lowest BCUT2D eigenvalue weighted by Crippen LogP contribution is -2.58. The number of ether oxygens (including phenoxy) is 1. The van der Waals surface area contributed by atoms with Crippen LogP contribution in [0.5, 0.6) is 0 Å². The summed E-state index contributed by atoms with van der Waals surface area (Å²) in [6.45, 7) is 9.74. The Hall–Kier alpha value is -1.79. The number of piperazine rings is 1. The molecule has 2 fully saturated rings. The highest BCUT2D eigenvalue weighted by Crippen LogP contribution is 2.22. The van der Waals surface area contributed by atoms with Gasteiger partial charge >= 0.3 is 6.09 Å². The minimum Gasteiger partial charge on any atom is -0.444 e. The van der Waals surface area contributed by atoms with Crippen molar-refractivity contribution in [2.24, 2.45) is 0 Å². The Kier molecular flexibility index (Phi) is 5.72. The number of nitrogens with zero attached hydrogens (tertiary/aromatic N) is 3. The van der Waals surface area contributed by atoms with Crippen LogP contribution in [0.4, 0.5) is 4.79 Å². The fourth-order valence-corrected chi connectivity index (χ4v) is 3.18. The van der Waals surface area contributed by atoms with E-state index in [9.17, 15) is 14.4 Å². The van der Waals surface area contributed by atoms with Crippen LogP contribution in [-0.2, 0) is 14.3 Å². The Morgan fingerprint density at radius 2 is 1.50 bits per heavy atom. The largest absolute Gasteiger partial charge is 0.444 e. The maximum Gasteiger partial charge on any atom is 0.410 e. The summed E-state index contributed by atoms with van der Waals surface area (Å²) in [5.74, 6) is 0.0129. The van der Waals surface area contributed by atoms with E-state index in [-0.39, 0.29) is 11.8 Å². The first-order valence-electron chi connectivity index (χ1n) is 8.73. The third kappa shape index (κ3) is 4.61. The van der Waals surface area contributed by atoms with E-state index in [2.05, 4.69) is 0 Å². The predicted molar refractivity (Wildman–Crippen MR) is 89.4 cm³/mol. The van der Waals surface area contributed by atoms with E-state index in [0.717, 1.165) is 12.8 Å². The average molecular weight is 339 g/mol. The molecule has 0 aromatic heterocycles. The number of carbonyl (C=O) groups excluding carboxylic acids is 3. The molecule has 0 saturated carbocycles. The number of rotatable bonds is 1. The van der Waals surface area contributed by atoms with Crippen molar-refractivity contribution in [2.75, 3.05) is 32.7 Å². The molecule has 1 atom stereocenters. The molecule has 2 saturated heterocycles. The van der Waals surface area contributed by atoms with E-state index in [4.69, 9.17) is 4.74 Å². The van der Waals surface area contributed by atoms with Gasteiger partial charge in [0.2, 0.25) is 11.8 Å². The van der Waals surface area contributed by atoms with Gasteiger partial charge in [0, 0.05) is 39.6 Å². The minimum absolute atomic E-state index is 0.0243. The fourth-order valence-electron chi connectivity index (χ4n) is 3.18. The zero-order valence-corrected chi connectivity index (χ0v) is 15.2. The van der Waals surface area contributed by atoms with E-state index < -0.39 is 17.7 Å². The van der Waals surface area contributed by atoms with Crippen molar-refractivity contribution >= 4 is 17.9 Å². The molecule has 0 spiro atoms. The summed E-state index contributed by atoms with van der Waals surface area (Å²) in [5.41, 5.74) is -0.574. The second kappa shape index (κ2) is 7.40. The molecule has 136 valence electrons. The van der Waals surface area contributed by atoms with Crippen LogP contribution < -0.4 is 0 Å². The lowest BCUT2D eigenvalue weighted by Gasteiger charge is -2.40. The summed E-state index contributed by atoms with van der Waals surface area (Å²) in [5, 5.41) is 0. The second-order valence-electron chi connectivity index (χ2n) is 7.52. The maximum absolute atomic E-state index is 12.9. The first-order valence-corrected chi connectivity index (χ1v) is 8.73. The highest BCUT2D eigenvalue weighted by Gasteiger charge is 2.37. The van der Waals surface area contributed by atoms with Crippen LogP contribution in [0.3, 0.4) is 0 Å². The molecule has 7 nitrogen and oxygen atoms in total. The molecule has 3 amide bonds. The van der Waals surface area contributed by atoms with Gasteiger partial charge in [-0.15, -0.1) is 0 Å². The van der Waals surface area contributed by atoms with Crippen LogP contribution in [0.15, 0.2) is 0 Å². The van der Waals surface area contributed by atoms with Gasteiger partial charge in [0.1, 0.15) is 11.6 Å². The summed E-state index contributed by atoms with van der Waals surface area (Å²) in [6, 6.07) is -0.447. The molecule has 2 rings (SSSR count). The molecule has 2 aliphatic rings. The van der Waals surface area contributed by atoms with Crippen LogP contribution >= 0.6 is 0 Å². The van der Waals surface area contributed by atoms with Crippen molar-refractivity contribution < 1.29 is 19.1 Å². The van der Waals surface area contributed by atoms with Gasteiger partial charge in [-0.05, 0) is 40.0 Å². The summed E-state index contributed by atoms with van der Waals surface area (Å²) in [7, 11) is 0. The van der Waals surface area contributed by atoms with Crippen molar-refractivity contribution in [2.45, 2.75) is 58.6 Å². The molecule has 2 heterocycles. The number of carbonyl (C=O) groups is 3. The summed E-state index contributed by atoms with van der Waals surface area (Å²) < 4.78 is 5.46. The Labute approximate surface area is 143 Å². The van der Waals surface area contributed by atoms with Gasteiger partial charge in [-0.2, -0.15) is 0 Å². The van der Waals surface area contributed by atoms with E-state index in [0.29, 0.717) is 39.1 Å². The molecule has 0 bridgehead atoms. The number of hydrogen-bond donors (Lipinski definition) is 0. The molecular formula is C17H29N3O4. The fraction of sp³-hybridized carbons (Fsp3) is 0.824. The predicted octanol–water partition coefficient (Wildman–Crippen LogP) is 1.47. The molecule has 0 aromatic rings. The van der Waals surface area contributed by atoms with Crippen LogP contribution in [-0.4, -0.2) is 77.0 Å². The van der Waals surface area contributed by atoms with Gasteiger partial charge < -0.3 is 14.5 Å². The zero-order valence-electron chi connectivity index (χ0n) is 15.2. The van der Waals surface area contributed by atoms with Gasteiger partial charge in [-0.1, -0.05) is 0 Å². The lowest BCUT2D eigenvalue weighted by molar-refractivity contribution is -0.143. The normalized spacial score (nSPS) is 22.3. The van der Waals surface area contributed by atoms with Gasteiger partial charge in [0.15, 0.2) is 0 Å². The van der Waals surface area contributed by atoms with E-state index in [1.54, 1.807) is 21.6 Å². The highest BCUT2D eigenvalue weighted by atomic mass is 16.6. The van der Waals surface area contributed by atoms with Gasteiger partial charge in [-0.25, -0.2) is 4.79 Å².